The van der Waals surface area contributed by atoms with Crippen molar-refractivity contribution in [2.45, 2.75) is 13.3 Å². The Hall–Kier alpha value is -1.72. The number of ether oxygens (including phenoxy) is 1. The summed E-state index contributed by atoms with van der Waals surface area (Å²) < 4.78 is 24.3. The van der Waals surface area contributed by atoms with Gasteiger partial charge in [0.05, 0.1) is 18.4 Å². The van der Waals surface area contributed by atoms with E-state index in [9.17, 15) is 4.39 Å². The Bertz CT molecular complexity index is 555. The molecule has 0 aliphatic heterocycles. The Balaban J connectivity index is 1.96. The molecule has 0 saturated heterocycles. The second-order valence-electron chi connectivity index (χ2n) is 4.59. The average molecular weight is 278 g/mol. The normalized spacial score (nSPS) is 10.9. The monoisotopic (exact) mass is 278 g/mol. The molecule has 0 aliphatic carbocycles. The van der Waals surface area contributed by atoms with Crippen LogP contribution in [-0.2, 0) is 11.2 Å². The van der Waals surface area contributed by atoms with Crippen molar-refractivity contribution < 1.29 is 13.5 Å². The van der Waals surface area contributed by atoms with Gasteiger partial charge in [-0.2, -0.15) is 0 Å². The smallest absolute Gasteiger partial charge is 0.196 e. The quantitative estimate of drug-likeness (QED) is 0.791. The van der Waals surface area contributed by atoms with E-state index >= 15 is 0 Å². The summed E-state index contributed by atoms with van der Waals surface area (Å²) >= 11 is 0. The zero-order valence-electron chi connectivity index (χ0n) is 11.8. The number of benzene rings is 1. The third-order valence-electron chi connectivity index (χ3n) is 2.94. The van der Waals surface area contributed by atoms with Crippen LogP contribution in [0.25, 0.3) is 11.3 Å². The lowest BCUT2D eigenvalue weighted by atomic mass is 10.1. The molecule has 20 heavy (non-hydrogen) atoms. The van der Waals surface area contributed by atoms with Gasteiger partial charge in [0.15, 0.2) is 11.7 Å². The number of aromatic nitrogens is 1. The minimum atomic E-state index is -0.295. The third kappa shape index (κ3) is 3.88. The summed E-state index contributed by atoms with van der Waals surface area (Å²) in [6.07, 6.45) is 2.24. The minimum Gasteiger partial charge on any atom is -0.441 e. The molecule has 1 heterocycles. The fourth-order valence-electron chi connectivity index (χ4n) is 1.87. The Kier molecular flexibility index (Phi) is 5.26. The first kappa shape index (κ1) is 14.7. The number of nitrogens with one attached hydrogen (secondary N) is 1. The first-order chi connectivity index (χ1) is 9.70. The number of hydrogen-bond acceptors (Lipinski definition) is 4. The lowest BCUT2D eigenvalue weighted by Crippen LogP contribution is -2.21. The van der Waals surface area contributed by atoms with Gasteiger partial charge in [-0.3, -0.25) is 0 Å². The summed E-state index contributed by atoms with van der Waals surface area (Å²) in [7, 11) is 1.67. The van der Waals surface area contributed by atoms with Crippen molar-refractivity contribution in [1.82, 2.24) is 10.3 Å². The molecular formula is C15H19FN2O2. The van der Waals surface area contributed by atoms with Gasteiger partial charge in [0, 0.05) is 26.6 Å². The van der Waals surface area contributed by atoms with Gasteiger partial charge in [0.2, 0.25) is 0 Å². The van der Waals surface area contributed by atoms with Crippen molar-refractivity contribution in [1.29, 1.82) is 0 Å². The molecule has 0 saturated carbocycles. The Morgan fingerprint density at radius 1 is 1.35 bits per heavy atom. The van der Waals surface area contributed by atoms with Gasteiger partial charge in [-0.15, -0.1) is 0 Å². The Morgan fingerprint density at radius 2 is 2.20 bits per heavy atom. The van der Waals surface area contributed by atoms with E-state index < -0.39 is 0 Å². The van der Waals surface area contributed by atoms with E-state index in [1.807, 2.05) is 6.92 Å². The Labute approximate surface area is 118 Å². The van der Waals surface area contributed by atoms with Crippen LogP contribution in [0.15, 0.2) is 28.8 Å². The SMILES string of the molecule is COCCNCCc1ncc(-c2cc(C)ccc2F)o1. The van der Waals surface area contributed by atoms with Gasteiger partial charge in [-0.05, 0) is 19.1 Å². The largest absolute Gasteiger partial charge is 0.441 e. The van der Waals surface area contributed by atoms with E-state index in [1.165, 1.54) is 6.07 Å². The molecular weight excluding hydrogens is 259 g/mol. The molecule has 0 amide bonds. The van der Waals surface area contributed by atoms with Crippen LogP contribution in [0, 0.1) is 12.7 Å². The van der Waals surface area contributed by atoms with Crippen LogP contribution < -0.4 is 5.32 Å². The second-order valence-corrected chi connectivity index (χ2v) is 4.59. The number of aryl methyl sites for hydroxylation is 1. The van der Waals surface area contributed by atoms with Crippen molar-refractivity contribution in [2.24, 2.45) is 0 Å². The highest BCUT2D eigenvalue weighted by atomic mass is 19.1. The first-order valence-electron chi connectivity index (χ1n) is 6.61. The molecule has 0 unspecified atom stereocenters. The third-order valence-corrected chi connectivity index (χ3v) is 2.94. The number of hydrogen-bond donors (Lipinski definition) is 1. The molecule has 1 aromatic heterocycles. The summed E-state index contributed by atoms with van der Waals surface area (Å²) in [6, 6.07) is 4.94. The van der Waals surface area contributed by atoms with E-state index in [2.05, 4.69) is 10.3 Å². The number of oxazole rings is 1. The summed E-state index contributed by atoms with van der Waals surface area (Å²) in [6.45, 7) is 4.13. The number of halogens is 1. The molecule has 2 rings (SSSR count). The molecule has 108 valence electrons. The van der Waals surface area contributed by atoms with Crippen LogP contribution >= 0.6 is 0 Å². The molecule has 1 N–H and O–H groups in total. The van der Waals surface area contributed by atoms with Gasteiger partial charge < -0.3 is 14.5 Å². The fraction of sp³-hybridized carbons (Fsp3) is 0.400. The maximum atomic E-state index is 13.7. The zero-order valence-corrected chi connectivity index (χ0v) is 11.8. The van der Waals surface area contributed by atoms with E-state index in [-0.39, 0.29) is 5.82 Å². The minimum absolute atomic E-state index is 0.295. The summed E-state index contributed by atoms with van der Waals surface area (Å²) in [4.78, 5) is 4.18. The molecule has 2 aromatic rings. The van der Waals surface area contributed by atoms with Crippen molar-refractivity contribution in [2.75, 3.05) is 26.8 Å². The highest BCUT2D eigenvalue weighted by Crippen LogP contribution is 2.24. The molecule has 0 atom stereocenters. The molecule has 0 radical (unpaired) electrons. The van der Waals surface area contributed by atoms with Crippen molar-refractivity contribution in [3.63, 3.8) is 0 Å². The van der Waals surface area contributed by atoms with Crippen LogP contribution in [0.4, 0.5) is 4.39 Å². The fourth-order valence-corrected chi connectivity index (χ4v) is 1.87. The maximum absolute atomic E-state index is 13.7. The predicted molar refractivity (Wildman–Crippen MR) is 75.1 cm³/mol. The lowest BCUT2D eigenvalue weighted by molar-refractivity contribution is 0.199. The highest BCUT2D eigenvalue weighted by Gasteiger charge is 2.11. The van der Waals surface area contributed by atoms with E-state index in [4.69, 9.17) is 9.15 Å². The van der Waals surface area contributed by atoms with E-state index in [0.717, 1.165) is 18.7 Å². The van der Waals surface area contributed by atoms with Gasteiger partial charge in [-0.25, -0.2) is 9.37 Å². The maximum Gasteiger partial charge on any atom is 0.196 e. The van der Waals surface area contributed by atoms with Crippen molar-refractivity contribution >= 4 is 0 Å². The van der Waals surface area contributed by atoms with Gasteiger partial charge in [0.1, 0.15) is 5.82 Å². The molecule has 4 nitrogen and oxygen atoms in total. The number of nitrogens with zero attached hydrogens (tertiary/aromatic N) is 1. The van der Waals surface area contributed by atoms with Crippen LogP contribution in [0.1, 0.15) is 11.5 Å². The van der Waals surface area contributed by atoms with Gasteiger partial charge >= 0.3 is 0 Å². The number of rotatable bonds is 7. The summed E-state index contributed by atoms with van der Waals surface area (Å²) in [5.74, 6) is 0.778. The highest BCUT2D eigenvalue weighted by molar-refractivity contribution is 5.58. The van der Waals surface area contributed by atoms with Crippen LogP contribution in [-0.4, -0.2) is 31.8 Å². The molecule has 0 aliphatic rings. The van der Waals surface area contributed by atoms with E-state index in [1.54, 1.807) is 25.4 Å². The van der Waals surface area contributed by atoms with Gasteiger partial charge in [-0.1, -0.05) is 11.6 Å². The molecule has 0 spiro atoms. The topological polar surface area (TPSA) is 47.3 Å². The van der Waals surface area contributed by atoms with E-state index in [0.29, 0.717) is 30.2 Å². The Morgan fingerprint density at radius 3 is 3.00 bits per heavy atom. The predicted octanol–water partition coefficient (Wildman–Crippen LogP) is 2.57. The van der Waals surface area contributed by atoms with Crippen LogP contribution in [0.2, 0.25) is 0 Å². The first-order valence-corrected chi connectivity index (χ1v) is 6.61. The molecule has 0 fully saturated rings. The summed E-state index contributed by atoms with van der Waals surface area (Å²) in [5, 5.41) is 3.21. The standard InChI is InChI=1S/C15H19FN2O2/c1-11-3-4-13(16)12(9-11)14-10-18-15(20-14)5-6-17-7-8-19-2/h3-4,9-10,17H,5-8H2,1-2H3. The molecule has 1 aromatic carbocycles. The van der Waals surface area contributed by atoms with Crippen molar-refractivity contribution in [3.8, 4) is 11.3 Å². The van der Waals surface area contributed by atoms with Crippen LogP contribution in [0.3, 0.4) is 0 Å². The average Bonchev–Trinajstić information content (AvgIpc) is 2.90. The van der Waals surface area contributed by atoms with Crippen LogP contribution in [0.5, 0.6) is 0 Å². The second kappa shape index (κ2) is 7.17. The lowest BCUT2D eigenvalue weighted by Gasteiger charge is -2.02. The van der Waals surface area contributed by atoms with Crippen molar-refractivity contribution in [3.05, 3.63) is 41.7 Å². The number of methoxy groups -OCH3 is 1. The summed E-state index contributed by atoms with van der Waals surface area (Å²) in [5.41, 5.74) is 1.44. The zero-order chi connectivity index (χ0) is 14.4. The van der Waals surface area contributed by atoms with Gasteiger partial charge in [0.25, 0.3) is 0 Å². The molecule has 5 heteroatoms. The molecule has 0 bridgehead atoms.